The SMILES string of the molecule is Fc1ccccc1C(CCl)CCCOc1ccccc1. The molecule has 1 nitrogen and oxygen atoms in total. The molecule has 2 aromatic rings. The molecular weight excluding hydrogens is 275 g/mol. The van der Waals surface area contributed by atoms with Gasteiger partial charge >= 0.3 is 0 Å². The molecule has 0 fully saturated rings. The minimum Gasteiger partial charge on any atom is -0.494 e. The highest BCUT2D eigenvalue weighted by Crippen LogP contribution is 2.25. The van der Waals surface area contributed by atoms with Crippen molar-refractivity contribution in [1.82, 2.24) is 0 Å². The quantitative estimate of drug-likeness (QED) is 0.515. The Morgan fingerprint density at radius 1 is 1.00 bits per heavy atom. The summed E-state index contributed by atoms with van der Waals surface area (Å²) in [5, 5.41) is 0. The van der Waals surface area contributed by atoms with Crippen LogP contribution in [0.3, 0.4) is 0 Å². The first-order valence-corrected chi connectivity index (χ1v) is 7.33. The lowest BCUT2D eigenvalue weighted by atomic mass is 9.96. The Bertz CT molecular complexity index is 515. The van der Waals surface area contributed by atoms with E-state index in [2.05, 4.69) is 0 Å². The summed E-state index contributed by atoms with van der Waals surface area (Å²) >= 11 is 5.96. The zero-order chi connectivity index (χ0) is 14.2. The summed E-state index contributed by atoms with van der Waals surface area (Å²) in [4.78, 5) is 0. The van der Waals surface area contributed by atoms with Gasteiger partial charge in [-0.1, -0.05) is 36.4 Å². The molecule has 1 unspecified atom stereocenters. The molecule has 0 saturated carbocycles. The van der Waals surface area contributed by atoms with Gasteiger partial charge in [-0.15, -0.1) is 11.6 Å². The van der Waals surface area contributed by atoms with Crippen molar-refractivity contribution >= 4 is 11.6 Å². The zero-order valence-electron chi connectivity index (χ0n) is 11.3. The number of para-hydroxylation sites is 1. The highest BCUT2D eigenvalue weighted by atomic mass is 35.5. The number of alkyl halides is 1. The van der Waals surface area contributed by atoms with Gasteiger partial charge in [0.1, 0.15) is 11.6 Å². The van der Waals surface area contributed by atoms with Crippen molar-refractivity contribution in [2.75, 3.05) is 12.5 Å². The fourth-order valence-corrected chi connectivity index (χ4v) is 2.48. The van der Waals surface area contributed by atoms with Gasteiger partial charge in [-0.05, 0) is 36.6 Å². The van der Waals surface area contributed by atoms with Gasteiger partial charge in [0.25, 0.3) is 0 Å². The maximum absolute atomic E-state index is 13.7. The number of rotatable bonds is 7. The molecule has 0 radical (unpaired) electrons. The molecule has 106 valence electrons. The number of ether oxygens (including phenoxy) is 1. The molecular formula is C17H18ClFO. The van der Waals surface area contributed by atoms with Crippen LogP contribution in [0, 0.1) is 5.82 Å². The first kappa shape index (κ1) is 14.9. The molecule has 0 spiro atoms. The van der Waals surface area contributed by atoms with Crippen molar-refractivity contribution in [3.8, 4) is 5.75 Å². The smallest absolute Gasteiger partial charge is 0.126 e. The Balaban J connectivity index is 1.81. The third kappa shape index (κ3) is 4.24. The lowest BCUT2D eigenvalue weighted by molar-refractivity contribution is 0.302. The number of hydrogen-bond donors (Lipinski definition) is 0. The van der Waals surface area contributed by atoms with Crippen molar-refractivity contribution in [3.05, 3.63) is 66.0 Å². The summed E-state index contributed by atoms with van der Waals surface area (Å²) < 4.78 is 19.3. The van der Waals surface area contributed by atoms with Crippen LogP contribution in [-0.2, 0) is 0 Å². The van der Waals surface area contributed by atoms with Gasteiger partial charge in [0.15, 0.2) is 0 Å². The van der Waals surface area contributed by atoms with E-state index >= 15 is 0 Å². The van der Waals surface area contributed by atoms with E-state index in [1.807, 2.05) is 36.4 Å². The van der Waals surface area contributed by atoms with E-state index in [9.17, 15) is 4.39 Å². The summed E-state index contributed by atoms with van der Waals surface area (Å²) in [6, 6.07) is 16.5. The summed E-state index contributed by atoms with van der Waals surface area (Å²) in [6.45, 7) is 0.617. The topological polar surface area (TPSA) is 9.23 Å². The third-order valence-corrected chi connectivity index (χ3v) is 3.61. The first-order chi connectivity index (χ1) is 9.81. The van der Waals surface area contributed by atoms with E-state index in [0.717, 1.165) is 18.6 Å². The predicted octanol–water partition coefficient (Wildman–Crippen LogP) is 5.01. The van der Waals surface area contributed by atoms with Crippen LogP contribution >= 0.6 is 11.6 Å². The van der Waals surface area contributed by atoms with E-state index in [1.165, 1.54) is 6.07 Å². The van der Waals surface area contributed by atoms with Crippen molar-refractivity contribution in [1.29, 1.82) is 0 Å². The van der Waals surface area contributed by atoms with Crippen LogP contribution in [0.4, 0.5) is 4.39 Å². The average molecular weight is 293 g/mol. The van der Waals surface area contributed by atoms with Gasteiger partial charge in [-0.2, -0.15) is 0 Å². The fourth-order valence-electron chi connectivity index (χ4n) is 2.16. The van der Waals surface area contributed by atoms with Gasteiger partial charge in [-0.25, -0.2) is 4.39 Å². The van der Waals surface area contributed by atoms with Crippen LogP contribution in [0.5, 0.6) is 5.75 Å². The van der Waals surface area contributed by atoms with Crippen molar-refractivity contribution in [2.45, 2.75) is 18.8 Å². The molecule has 0 aromatic heterocycles. The van der Waals surface area contributed by atoms with Gasteiger partial charge in [0.2, 0.25) is 0 Å². The minimum absolute atomic E-state index is 0.0391. The van der Waals surface area contributed by atoms with Crippen molar-refractivity contribution in [2.24, 2.45) is 0 Å². The molecule has 2 aromatic carbocycles. The molecule has 0 heterocycles. The number of hydrogen-bond acceptors (Lipinski definition) is 1. The van der Waals surface area contributed by atoms with E-state index in [0.29, 0.717) is 18.1 Å². The van der Waals surface area contributed by atoms with E-state index in [1.54, 1.807) is 12.1 Å². The highest BCUT2D eigenvalue weighted by molar-refractivity contribution is 6.18. The van der Waals surface area contributed by atoms with Gasteiger partial charge in [-0.3, -0.25) is 0 Å². The maximum Gasteiger partial charge on any atom is 0.126 e. The molecule has 0 saturated heterocycles. The summed E-state index contributed by atoms with van der Waals surface area (Å²) in [7, 11) is 0. The van der Waals surface area contributed by atoms with Crippen LogP contribution < -0.4 is 4.74 Å². The largest absolute Gasteiger partial charge is 0.494 e. The van der Waals surface area contributed by atoms with Gasteiger partial charge in [0.05, 0.1) is 6.61 Å². The zero-order valence-corrected chi connectivity index (χ0v) is 12.0. The van der Waals surface area contributed by atoms with E-state index in [-0.39, 0.29) is 11.7 Å². The Labute approximate surface area is 124 Å². The molecule has 0 aliphatic rings. The molecule has 1 atom stereocenters. The Morgan fingerprint density at radius 2 is 1.70 bits per heavy atom. The molecule has 0 aliphatic carbocycles. The molecule has 20 heavy (non-hydrogen) atoms. The molecule has 3 heteroatoms. The molecule has 0 bridgehead atoms. The molecule has 0 N–H and O–H groups in total. The fraction of sp³-hybridized carbons (Fsp3) is 0.294. The summed E-state index contributed by atoms with van der Waals surface area (Å²) in [5.74, 6) is 1.15. The molecule has 0 aliphatic heterocycles. The average Bonchev–Trinajstić information content (AvgIpc) is 2.50. The van der Waals surface area contributed by atoms with Crippen LogP contribution in [0.1, 0.15) is 24.3 Å². The van der Waals surface area contributed by atoms with Crippen LogP contribution in [-0.4, -0.2) is 12.5 Å². The maximum atomic E-state index is 13.7. The highest BCUT2D eigenvalue weighted by Gasteiger charge is 2.14. The minimum atomic E-state index is -0.179. The normalized spacial score (nSPS) is 12.1. The lowest BCUT2D eigenvalue weighted by Crippen LogP contribution is -2.06. The number of halogens is 2. The van der Waals surface area contributed by atoms with Gasteiger partial charge < -0.3 is 4.74 Å². The van der Waals surface area contributed by atoms with Crippen molar-refractivity contribution < 1.29 is 9.13 Å². The van der Waals surface area contributed by atoms with Gasteiger partial charge in [0, 0.05) is 11.8 Å². The van der Waals surface area contributed by atoms with Crippen molar-refractivity contribution in [3.63, 3.8) is 0 Å². The third-order valence-electron chi connectivity index (χ3n) is 3.24. The molecule has 2 rings (SSSR count). The summed E-state index contributed by atoms with van der Waals surface area (Å²) in [6.07, 6.45) is 1.66. The lowest BCUT2D eigenvalue weighted by Gasteiger charge is -2.15. The Morgan fingerprint density at radius 3 is 2.40 bits per heavy atom. The number of benzene rings is 2. The second-order valence-corrected chi connectivity index (χ2v) is 4.99. The Kier molecular flexibility index (Phi) is 5.87. The standard InChI is InChI=1S/C17H18ClFO/c18-13-14(16-10-4-5-11-17(16)19)7-6-12-20-15-8-2-1-3-9-15/h1-5,8-11,14H,6-7,12-13H2. The predicted molar refractivity (Wildman–Crippen MR) is 81.0 cm³/mol. The van der Waals surface area contributed by atoms with E-state index in [4.69, 9.17) is 16.3 Å². The second-order valence-electron chi connectivity index (χ2n) is 4.68. The molecule has 0 amide bonds. The summed E-state index contributed by atoms with van der Waals surface area (Å²) in [5.41, 5.74) is 0.696. The van der Waals surface area contributed by atoms with Crippen LogP contribution in [0.25, 0.3) is 0 Å². The second kappa shape index (κ2) is 7.91. The van der Waals surface area contributed by atoms with E-state index < -0.39 is 0 Å². The van der Waals surface area contributed by atoms with Crippen LogP contribution in [0.15, 0.2) is 54.6 Å². The van der Waals surface area contributed by atoms with Crippen LogP contribution in [0.2, 0.25) is 0 Å². The monoisotopic (exact) mass is 292 g/mol. The Hall–Kier alpha value is -1.54. The first-order valence-electron chi connectivity index (χ1n) is 6.79.